The summed E-state index contributed by atoms with van der Waals surface area (Å²) in [6.07, 6.45) is 0. The van der Waals surface area contributed by atoms with Crippen LogP contribution in [-0.2, 0) is 11.3 Å². The molecule has 0 fully saturated rings. The monoisotopic (exact) mass is 287 g/mol. The number of benzene rings is 1. The Balaban J connectivity index is 2.56. The number of halogens is 1. The first-order chi connectivity index (χ1) is 7.77. The van der Waals surface area contributed by atoms with Gasteiger partial charge in [-0.15, -0.1) is 0 Å². The molecule has 1 N–H and O–H groups in total. The number of rotatable bonds is 7. The Morgan fingerprint density at radius 2 is 2.12 bits per heavy atom. The largest absolute Gasteiger partial charge is 0.491 e. The minimum atomic E-state index is 0.589. The van der Waals surface area contributed by atoms with Crippen LogP contribution in [0.5, 0.6) is 5.75 Å². The van der Waals surface area contributed by atoms with E-state index in [9.17, 15) is 0 Å². The van der Waals surface area contributed by atoms with Crippen molar-refractivity contribution in [3.05, 3.63) is 28.2 Å². The molecule has 0 bridgehead atoms. The second kappa shape index (κ2) is 7.65. The maximum absolute atomic E-state index is 5.66. The summed E-state index contributed by atoms with van der Waals surface area (Å²) in [5.74, 6) is 0.914. The molecule has 0 radical (unpaired) electrons. The highest BCUT2D eigenvalue weighted by Crippen LogP contribution is 2.23. The van der Waals surface area contributed by atoms with E-state index in [0.29, 0.717) is 13.2 Å². The Labute approximate surface area is 105 Å². The van der Waals surface area contributed by atoms with Gasteiger partial charge in [-0.1, -0.05) is 15.9 Å². The number of nitrogens with one attached hydrogen (secondary N) is 1. The molecule has 0 saturated heterocycles. The van der Waals surface area contributed by atoms with Gasteiger partial charge in [0.15, 0.2) is 0 Å². The lowest BCUT2D eigenvalue weighted by Gasteiger charge is -2.11. The molecular weight excluding hydrogens is 270 g/mol. The van der Waals surface area contributed by atoms with Crippen LogP contribution in [0, 0.1) is 0 Å². The molecule has 1 rings (SSSR count). The highest BCUT2D eigenvalue weighted by atomic mass is 79.9. The van der Waals surface area contributed by atoms with Gasteiger partial charge in [0.25, 0.3) is 0 Å². The fourth-order valence-corrected chi connectivity index (χ4v) is 1.78. The lowest BCUT2D eigenvalue weighted by molar-refractivity contribution is 0.110. The quantitative estimate of drug-likeness (QED) is 0.782. The van der Waals surface area contributed by atoms with E-state index < -0.39 is 0 Å². The predicted octanol–water partition coefficient (Wildman–Crippen LogP) is 2.58. The summed E-state index contributed by atoms with van der Waals surface area (Å²) in [5, 5.41) is 3.12. The minimum absolute atomic E-state index is 0.589. The maximum atomic E-state index is 5.66. The fraction of sp³-hybridized carbons (Fsp3) is 0.500. The molecule has 3 nitrogen and oxygen atoms in total. The van der Waals surface area contributed by atoms with E-state index >= 15 is 0 Å². The molecule has 1 aromatic rings. The summed E-state index contributed by atoms with van der Waals surface area (Å²) < 4.78 is 12.0. The second-order valence-electron chi connectivity index (χ2n) is 3.33. The van der Waals surface area contributed by atoms with Crippen LogP contribution in [0.15, 0.2) is 22.7 Å². The average molecular weight is 288 g/mol. The Morgan fingerprint density at radius 1 is 1.31 bits per heavy atom. The maximum Gasteiger partial charge on any atom is 0.123 e. The highest BCUT2D eigenvalue weighted by Gasteiger charge is 2.03. The van der Waals surface area contributed by atoms with Gasteiger partial charge in [-0.05, 0) is 32.2 Å². The third-order valence-electron chi connectivity index (χ3n) is 2.08. The van der Waals surface area contributed by atoms with Gasteiger partial charge in [0.05, 0.1) is 6.61 Å². The molecule has 16 heavy (non-hydrogen) atoms. The molecule has 1 aromatic carbocycles. The molecule has 0 aliphatic rings. The van der Waals surface area contributed by atoms with Crippen molar-refractivity contribution >= 4 is 15.9 Å². The number of hydrogen-bond acceptors (Lipinski definition) is 3. The molecular formula is C12H18BrNO2. The van der Waals surface area contributed by atoms with Gasteiger partial charge in [-0.25, -0.2) is 0 Å². The van der Waals surface area contributed by atoms with E-state index in [4.69, 9.17) is 9.47 Å². The first-order valence-corrected chi connectivity index (χ1v) is 6.20. The zero-order valence-electron chi connectivity index (χ0n) is 9.75. The molecule has 0 heterocycles. The molecule has 0 aliphatic heterocycles. The van der Waals surface area contributed by atoms with E-state index in [1.807, 2.05) is 26.1 Å². The third-order valence-corrected chi connectivity index (χ3v) is 2.57. The predicted molar refractivity (Wildman–Crippen MR) is 68.9 cm³/mol. The normalized spacial score (nSPS) is 10.4. The summed E-state index contributed by atoms with van der Waals surface area (Å²) >= 11 is 3.45. The molecule has 0 atom stereocenters. The smallest absolute Gasteiger partial charge is 0.123 e. The Hall–Kier alpha value is -0.580. The van der Waals surface area contributed by atoms with Crippen LogP contribution in [0.3, 0.4) is 0 Å². The molecule has 4 heteroatoms. The molecule has 90 valence electrons. The van der Waals surface area contributed by atoms with Crippen LogP contribution in [0.25, 0.3) is 0 Å². The van der Waals surface area contributed by atoms with Crippen molar-refractivity contribution in [2.75, 3.05) is 26.9 Å². The molecule has 0 aromatic heterocycles. The Kier molecular flexibility index (Phi) is 6.45. The zero-order chi connectivity index (χ0) is 11.8. The average Bonchev–Trinajstić information content (AvgIpc) is 2.27. The van der Waals surface area contributed by atoms with E-state index in [1.165, 1.54) is 0 Å². The van der Waals surface area contributed by atoms with Gasteiger partial charge >= 0.3 is 0 Å². The first-order valence-electron chi connectivity index (χ1n) is 5.41. The van der Waals surface area contributed by atoms with E-state index in [-0.39, 0.29) is 0 Å². The fourth-order valence-electron chi connectivity index (χ4n) is 1.37. The second-order valence-corrected chi connectivity index (χ2v) is 4.24. The lowest BCUT2D eigenvalue weighted by atomic mass is 10.2. The summed E-state index contributed by atoms with van der Waals surface area (Å²) in [6, 6.07) is 6.02. The van der Waals surface area contributed by atoms with Gasteiger partial charge in [0.2, 0.25) is 0 Å². The number of hydrogen-bond donors (Lipinski definition) is 1. The Bertz CT molecular complexity index is 318. The van der Waals surface area contributed by atoms with Gasteiger partial charge in [0.1, 0.15) is 12.4 Å². The van der Waals surface area contributed by atoms with Crippen LogP contribution in [0.1, 0.15) is 12.5 Å². The van der Waals surface area contributed by atoms with Crippen molar-refractivity contribution in [2.24, 2.45) is 0 Å². The van der Waals surface area contributed by atoms with Gasteiger partial charge in [-0.3, -0.25) is 0 Å². The summed E-state index contributed by atoms with van der Waals surface area (Å²) in [7, 11) is 1.92. The van der Waals surface area contributed by atoms with E-state index in [1.54, 1.807) is 0 Å². The Morgan fingerprint density at radius 3 is 2.81 bits per heavy atom. The van der Waals surface area contributed by atoms with Crippen molar-refractivity contribution in [1.29, 1.82) is 0 Å². The molecule has 0 unspecified atom stereocenters. The topological polar surface area (TPSA) is 30.5 Å². The minimum Gasteiger partial charge on any atom is -0.491 e. The van der Waals surface area contributed by atoms with Crippen molar-refractivity contribution in [1.82, 2.24) is 5.32 Å². The van der Waals surface area contributed by atoms with Crippen LogP contribution in [-0.4, -0.2) is 26.9 Å². The van der Waals surface area contributed by atoms with Crippen molar-refractivity contribution in [3.8, 4) is 5.75 Å². The van der Waals surface area contributed by atoms with E-state index in [0.717, 1.165) is 28.9 Å². The molecule has 0 amide bonds. The SMILES string of the molecule is CCOCCOc1ccc(Br)cc1CNC. The summed E-state index contributed by atoms with van der Waals surface area (Å²) in [4.78, 5) is 0. The van der Waals surface area contributed by atoms with Crippen LogP contribution in [0.4, 0.5) is 0 Å². The highest BCUT2D eigenvalue weighted by molar-refractivity contribution is 9.10. The third kappa shape index (κ3) is 4.51. The molecule has 0 spiro atoms. The van der Waals surface area contributed by atoms with Crippen LogP contribution in [0.2, 0.25) is 0 Å². The van der Waals surface area contributed by atoms with Crippen LogP contribution >= 0.6 is 15.9 Å². The first kappa shape index (κ1) is 13.5. The summed E-state index contributed by atoms with van der Waals surface area (Å²) in [5.41, 5.74) is 1.15. The standard InChI is InChI=1S/C12H18BrNO2/c1-3-15-6-7-16-12-5-4-11(13)8-10(12)9-14-2/h4-5,8,14H,3,6-7,9H2,1-2H3. The van der Waals surface area contributed by atoms with Crippen LogP contribution < -0.4 is 10.1 Å². The zero-order valence-corrected chi connectivity index (χ0v) is 11.3. The molecule has 0 saturated carbocycles. The van der Waals surface area contributed by atoms with Gasteiger partial charge < -0.3 is 14.8 Å². The van der Waals surface area contributed by atoms with E-state index in [2.05, 4.69) is 27.3 Å². The number of ether oxygens (including phenoxy) is 2. The molecule has 0 aliphatic carbocycles. The lowest BCUT2D eigenvalue weighted by Crippen LogP contribution is -2.10. The van der Waals surface area contributed by atoms with Gasteiger partial charge in [0, 0.05) is 23.2 Å². The summed E-state index contributed by atoms with van der Waals surface area (Å²) in [6.45, 7) is 4.72. The van der Waals surface area contributed by atoms with Crippen molar-refractivity contribution in [2.45, 2.75) is 13.5 Å². The van der Waals surface area contributed by atoms with Crippen molar-refractivity contribution in [3.63, 3.8) is 0 Å². The van der Waals surface area contributed by atoms with Crippen molar-refractivity contribution < 1.29 is 9.47 Å². The van der Waals surface area contributed by atoms with Gasteiger partial charge in [-0.2, -0.15) is 0 Å².